The molecule has 0 spiro atoms. The highest BCUT2D eigenvalue weighted by molar-refractivity contribution is 6.35. The smallest absolute Gasteiger partial charge is 0.309 e. The van der Waals surface area contributed by atoms with Gasteiger partial charge >= 0.3 is 11.8 Å². The number of hydrogen-bond acceptors (Lipinski definition) is 2. The molecule has 18 heavy (non-hydrogen) atoms. The highest BCUT2D eigenvalue weighted by Crippen LogP contribution is 2.23. The van der Waals surface area contributed by atoms with Crippen molar-refractivity contribution in [3.63, 3.8) is 0 Å². The van der Waals surface area contributed by atoms with Crippen molar-refractivity contribution in [3.05, 3.63) is 0 Å². The normalized spacial score (nSPS) is 23.4. The Bertz CT molecular complexity index is 279. The van der Waals surface area contributed by atoms with Gasteiger partial charge in [0.05, 0.1) is 0 Å². The molecule has 2 unspecified atom stereocenters. The van der Waals surface area contributed by atoms with Gasteiger partial charge in [0.2, 0.25) is 0 Å². The third-order valence-corrected chi connectivity index (χ3v) is 3.70. The minimum absolute atomic E-state index is 0.174. The molecule has 0 heterocycles. The molecule has 1 aliphatic rings. The summed E-state index contributed by atoms with van der Waals surface area (Å²) in [7, 11) is 0. The summed E-state index contributed by atoms with van der Waals surface area (Å²) in [6.45, 7) is 4.85. The fourth-order valence-electron chi connectivity index (χ4n) is 2.42. The van der Waals surface area contributed by atoms with Crippen LogP contribution in [0.5, 0.6) is 0 Å². The van der Waals surface area contributed by atoms with Crippen molar-refractivity contribution in [2.75, 3.05) is 6.54 Å². The molecular formula is C14H26N2O2. The topological polar surface area (TPSA) is 58.2 Å². The zero-order valence-corrected chi connectivity index (χ0v) is 11.6. The lowest BCUT2D eigenvalue weighted by Crippen LogP contribution is -2.47. The van der Waals surface area contributed by atoms with E-state index in [0.717, 1.165) is 38.5 Å². The number of unbranched alkanes of at least 4 members (excludes halogenated alkanes) is 2. The summed E-state index contributed by atoms with van der Waals surface area (Å²) in [6.07, 6.45) is 7.65. The summed E-state index contributed by atoms with van der Waals surface area (Å²) in [5, 5.41) is 5.53. The highest BCUT2D eigenvalue weighted by Gasteiger charge is 2.25. The maximum atomic E-state index is 11.7. The molecule has 0 bridgehead atoms. The van der Waals surface area contributed by atoms with Crippen molar-refractivity contribution in [3.8, 4) is 0 Å². The van der Waals surface area contributed by atoms with Crippen LogP contribution in [0.15, 0.2) is 0 Å². The molecule has 0 radical (unpaired) electrons. The van der Waals surface area contributed by atoms with Crippen LogP contribution in [-0.4, -0.2) is 24.4 Å². The van der Waals surface area contributed by atoms with Crippen LogP contribution in [0.3, 0.4) is 0 Å². The predicted octanol–water partition coefficient (Wildman–Crippen LogP) is 1.99. The van der Waals surface area contributed by atoms with E-state index in [1.54, 1.807) is 0 Å². The molecule has 1 aliphatic carbocycles. The third kappa shape index (κ3) is 5.07. The maximum absolute atomic E-state index is 11.7. The SMILES string of the molecule is CCCCCNC(=O)C(=O)NC1CCCCC1C. The Morgan fingerprint density at radius 3 is 2.50 bits per heavy atom. The molecule has 4 heteroatoms. The van der Waals surface area contributed by atoms with Gasteiger partial charge in [-0.15, -0.1) is 0 Å². The Hall–Kier alpha value is -1.06. The van der Waals surface area contributed by atoms with E-state index in [4.69, 9.17) is 0 Å². The monoisotopic (exact) mass is 254 g/mol. The summed E-state index contributed by atoms with van der Waals surface area (Å²) in [4.78, 5) is 23.3. The highest BCUT2D eigenvalue weighted by atomic mass is 16.2. The summed E-state index contributed by atoms with van der Waals surface area (Å²) in [5.74, 6) is -0.468. The van der Waals surface area contributed by atoms with Crippen molar-refractivity contribution >= 4 is 11.8 Å². The van der Waals surface area contributed by atoms with Crippen LogP contribution in [0, 0.1) is 5.92 Å². The molecule has 0 aromatic rings. The minimum atomic E-state index is -0.483. The predicted molar refractivity (Wildman–Crippen MR) is 72.1 cm³/mol. The quantitative estimate of drug-likeness (QED) is 0.582. The second-order valence-electron chi connectivity index (χ2n) is 5.30. The molecule has 1 saturated carbocycles. The second kappa shape index (κ2) is 8.11. The van der Waals surface area contributed by atoms with Crippen LogP contribution in [0.25, 0.3) is 0 Å². The lowest BCUT2D eigenvalue weighted by Gasteiger charge is -2.29. The van der Waals surface area contributed by atoms with Crippen molar-refractivity contribution in [1.29, 1.82) is 0 Å². The third-order valence-electron chi connectivity index (χ3n) is 3.70. The number of nitrogens with one attached hydrogen (secondary N) is 2. The van der Waals surface area contributed by atoms with Gasteiger partial charge in [0.25, 0.3) is 0 Å². The van der Waals surface area contributed by atoms with Crippen LogP contribution in [0.2, 0.25) is 0 Å². The van der Waals surface area contributed by atoms with Crippen molar-refractivity contribution in [2.45, 2.75) is 64.8 Å². The van der Waals surface area contributed by atoms with Crippen molar-refractivity contribution in [1.82, 2.24) is 10.6 Å². The van der Waals surface area contributed by atoms with Gasteiger partial charge in [0.1, 0.15) is 0 Å². The number of carbonyl (C=O) groups excluding carboxylic acids is 2. The number of hydrogen-bond donors (Lipinski definition) is 2. The Morgan fingerprint density at radius 2 is 1.83 bits per heavy atom. The lowest BCUT2D eigenvalue weighted by molar-refractivity contribution is -0.140. The van der Waals surface area contributed by atoms with E-state index in [1.807, 2.05) is 0 Å². The molecule has 0 aromatic heterocycles. The van der Waals surface area contributed by atoms with Crippen LogP contribution >= 0.6 is 0 Å². The number of amides is 2. The molecular weight excluding hydrogens is 228 g/mol. The first-order valence-electron chi connectivity index (χ1n) is 7.23. The number of carbonyl (C=O) groups is 2. The Balaban J connectivity index is 2.24. The van der Waals surface area contributed by atoms with Crippen LogP contribution < -0.4 is 10.6 Å². The summed E-state index contributed by atoms with van der Waals surface area (Å²) < 4.78 is 0. The van der Waals surface area contributed by atoms with Gasteiger partial charge in [-0.05, 0) is 25.2 Å². The zero-order chi connectivity index (χ0) is 13.4. The fraction of sp³-hybridized carbons (Fsp3) is 0.857. The molecule has 1 fully saturated rings. The molecule has 0 saturated heterocycles. The standard InChI is InChI=1S/C14H26N2O2/c1-3-4-7-10-15-13(17)14(18)16-12-9-6-5-8-11(12)2/h11-12H,3-10H2,1-2H3,(H,15,17)(H,16,18). The van der Waals surface area contributed by atoms with E-state index in [1.165, 1.54) is 6.42 Å². The summed E-state index contributed by atoms with van der Waals surface area (Å²) in [5.41, 5.74) is 0. The van der Waals surface area contributed by atoms with Gasteiger partial charge in [-0.3, -0.25) is 9.59 Å². The lowest BCUT2D eigenvalue weighted by atomic mass is 9.86. The van der Waals surface area contributed by atoms with E-state index in [2.05, 4.69) is 24.5 Å². The van der Waals surface area contributed by atoms with Gasteiger partial charge in [0.15, 0.2) is 0 Å². The van der Waals surface area contributed by atoms with Gasteiger partial charge in [-0.25, -0.2) is 0 Å². The van der Waals surface area contributed by atoms with Crippen molar-refractivity contribution in [2.24, 2.45) is 5.92 Å². The number of rotatable bonds is 5. The molecule has 2 atom stereocenters. The minimum Gasteiger partial charge on any atom is -0.348 e. The first-order chi connectivity index (χ1) is 8.65. The van der Waals surface area contributed by atoms with Crippen LogP contribution in [0.4, 0.5) is 0 Å². The largest absolute Gasteiger partial charge is 0.348 e. The summed E-state index contributed by atoms with van der Waals surface area (Å²) >= 11 is 0. The van der Waals surface area contributed by atoms with Gasteiger partial charge in [-0.1, -0.05) is 39.5 Å². The van der Waals surface area contributed by atoms with Gasteiger partial charge in [0, 0.05) is 12.6 Å². The summed E-state index contributed by atoms with van der Waals surface area (Å²) in [6, 6.07) is 0.174. The van der Waals surface area contributed by atoms with E-state index in [0.29, 0.717) is 12.5 Å². The van der Waals surface area contributed by atoms with E-state index in [-0.39, 0.29) is 6.04 Å². The fourth-order valence-corrected chi connectivity index (χ4v) is 2.42. The second-order valence-corrected chi connectivity index (χ2v) is 5.30. The Kier molecular flexibility index (Phi) is 6.76. The van der Waals surface area contributed by atoms with Crippen LogP contribution in [0.1, 0.15) is 58.8 Å². The first kappa shape index (κ1) is 15.0. The molecule has 0 aliphatic heterocycles. The first-order valence-corrected chi connectivity index (χ1v) is 7.23. The van der Waals surface area contributed by atoms with E-state index >= 15 is 0 Å². The Labute approximate surface area is 110 Å². The molecule has 2 amide bonds. The Morgan fingerprint density at radius 1 is 1.11 bits per heavy atom. The van der Waals surface area contributed by atoms with Crippen molar-refractivity contribution < 1.29 is 9.59 Å². The molecule has 1 rings (SSSR count). The van der Waals surface area contributed by atoms with E-state index in [9.17, 15) is 9.59 Å². The average molecular weight is 254 g/mol. The maximum Gasteiger partial charge on any atom is 0.309 e. The molecule has 0 aromatic carbocycles. The van der Waals surface area contributed by atoms with E-state index < -0.39 is 11.8 Å². The van der Waals surface area contributed by atoms with Crippen LogP contribution in [-0.2, 0) is 9.59 Å². The van der Waals surface area contributed by atoms with Gasteiger partial charge in [-0.2, -0.15) is 0 Å². The molecule has 4 nitrogen and oxygen atoms in total. The molecule has 2 N–H and O–H groups in total. The average Bonchev–Trinajstić information content (AvgIpc) is 2.37. The van der Waals surface area contributed by atoms with Gasteiger partial charge < -0.3 is 10.6 Å². The molecule has 104 valence electrons. The zero-order valence-electron chi connectivity index (χ0n) is 11.6.